The number of nitrogens with zero attached hydrogens (tertiary/aromatic N) is 1. The van der Waals surface area contributed by atoms with Gasteiger partial charge in [-0.05, 0) is 38.1 Å². The Morgan fingerprint density at radius 2 is 2.26 bits per heavy atom. The van der Waals surface area contributed by atoms with E-state index >= 15 is 0 Å². The second-order valence-corrected chi connectivity index (χ2v) is 6.29. The average molecular weight is 268 g/mol. The SMILES string of the molecule is CC(C)CCOC1CCN(C(=O)C2CCCNC2)C1. The Bertz CT molecular complexity index is 288. The molecule has 4 heteroatoms. The van der Waals surface area contributed by atoms with E-state index in [1.165, 1.54) is 0 Å². The van der Waals surface area contributed by atoms with Crippen molar-refractivity contribution in [1.82, 2.24) is 10.2 Å². The smallest absolute Gasteiger partial charge is 0.227 e. The van der Waals surface area contributed by atoms with Crippen LogP contribution in [0.4, 0.5) is 0 Å². The van der Waals surface area contributed by atoms with Gasteiger partial charge in [-0.25, -0.2) is 0 Å². The number of likely N-dealkylation sites (tertiary alicyclic amines) is 1. The highest BCUT2D eigenvalue weighted by Crippen LogP contribution is 2.19. The Kier molecular flexibility index (Phi) is 5.64. The van der Waals surface area contributed by atoms with Crippen molar-refractivity contribution < 1.29 is 9.53 Å². The molecule has 0 aromatic carbocycles. The molecular formula is C15H28N2O2. The zero-order valence-electron chi connectivity index (χ0n) is 12.4. The Balaban J connectivity index is 1.70. The molecular weight excluding hydrogens is 240 g/mol. The normalized spacial score (nSPS) is 28.1. The molecule has 1 N–H and O–H groups in total. The summed E-state index contributed by atoms with van der Waals surface area (Å²) < 4.78 is 5.87. The monoisotopic (exact) mass is 268 g/mol. The van der Waals surface area contributed by atoms with Gasteiger partial charge in [0.15, 0.2) is 0 Å². The number of hydrogen-bond acceptors (Lipinski definition) is 3. The van der Waals surface area contributed by atoms with Gasteiger partial charge in [0.1, 0.15) is 0 Å². The lowest BCUT2D eigenvalue weighted by Crippen LogP contribution is -2.42. The Hall–Kier alpha value is -0.610. The van der Waals surface area contributed by atoms with Gasteiger partial charge >= 0.3 is 0 Å². The third-order valence-electron chi connectivity index (χ3n) is 4.15. The van der Waals surface area contributed by atoms with E-state index in [-0.39, 0.29) is 12.0 Å². The molecule has 4 nitrogen and oxygen atoms in total. The van der Waals surface area contributed by atoms with Crippen LogP contribution in [0.25, 0.3) is 0 Å². The summed E-state index contributed by atoms with van der Waals surface area (Å²) in [6, 6.07) is 0. The fourth-order valence-electron chi connectivity index (χ4n) is 2.86. The summed E-state index contributed by atoms with van der Waals surface area (Å²) in [7, 11) is 0. The van der Waals surface area contributed by atoms with E-state index in [1.807, 2.05) is 4.90 Å². The first-order valence-electron chi connectivity index (χ1n) is 7.78. The summed E-state index contributed by atoms with van der Waals surface area (Å²) >= 11 is 0. The molecule has 2 unspecified atom stereocenters. The molecule has 2 fully saturated rings. The minimum absolute atomic E-state index is 0.197. The number of rotatable bonds is 5. The molecule has 2 aliphatic rings. The van der Waals surface area contributed by atoms with Crippen molar-refractivity contribution in [2.75, 3.05) is 32.8 Å². The fraction of sp³-hybridized carbons (Fsp3) is 0.933. The summed E-state index contributed by atoms with van der Waals surface area (Å²) in [6.07, 6.45) is 4.54. The summed E-state index contributed by atoms with van der Waals surface area (Å²) in [6.45, 7) is 8.84. The highest BCUT2D eigenvalue weighted by atomic mass is 16.5. The lowest BCUT2D eigenvalue weighted by atomic mass is 9.98. The predicted octanol–water partition coefficient (Wildman–Crippen LogP) is 1.65. The number of carbonyl (C=O) groups is 1. The number of hydrogen-bond donors (Lipinski definition) is 1. The van der Waals surface area contributed by atoms with Crippen LogP contribution in [0, 0.1) is 11.8 Å². The maximum atomic E-state index is 12.4. The van der Waals surface area contributed by atoms with Gasteiger partial charge in [-0.2, -0.15) is 0 Å². The largest absolute Gasteiger partial charge is 0.376 e. The molecule has 2 saturated heterocycles. The number of carbonyl (C=O) groups excluding carboxylic acids is 1. The van der Waals surface area contributed by atoms with E-state index in [1.54, 1.807) is 0 Å². The fourth-order valence-corrected chi connectivity index (χ4v) is 2.86. The molecule has 2 atom stereocenters. The highest BCUT2D eigenvalue weighted by molar-refractivity contribution is 5.79. The maximum absolute atomic E-state index is 12.4. The first-order valence-corrected chi connectivity index (χ1v) is 7.78. The number of piperidine rings is 1. The van der Waals surface area contributed by atoms with Crippen molar-refractivity contribution >= 4 is 5.91 Å². The predicted molar refractivity (Wildman–Crippen MR) is 76.0 cm³/mol. The molecule has 0 aromatic heterocycles. The van der Waals surface area contributed by atoms with Crippen molar-refractivity contribution in [2.24, 2.45) is 11.8 Å². The highest BCUT2D eigenvalue weighted by Gasteiger charge is 2.31. The first-order chi connectivity index (χ1) is 9.16. The molecule has 0 bridgehead atoms. The van der Waals surface area contributed by atoms with E-state index in [0.29, 0.717) is 11.8 Å². The molecule has 2 aliphatic heterocycles. The van der Waals surface area contributed by atoms with Crippen LogP contribution < -0.4 is 5.32 Å². The van der Waals surface area contributed by atoms with Gasteiger partial charge in [-0.1, -0.05) is 13.8 Å². The van der Waals surface area contributed by atoms with Crippen molar-refractivity contribution in [3.8, 4) is 0 Å². The Morgan fingerprint density at radius 3 is 2.95 bits per heavy atom. The van der Waals surface area contributed by atoms with Gasteiger partial charge in [0.05, 0.1) is 12.0 Å². The summed E-state index contributed by atoms with van der Waals surface area (Å²) in [5.41, 5.74) is 0. The van der Waals surface area contributed by atoms with Crippen LogP contribution in [0.2, 0.25) is 0 Å². The van der Waals surface area contributed by atoms with Crippen LogP contribution in [0.15, 0.2) is 0 Å². The van der Waals surface area contributed by atoms with Crippen molar-refractivity contribution in [3.05, 3.63) is 0 Å². The lowest BCUT2D eigenvalue weighted by Gasteiger charge is -2.26. The van der Waals surface area contributed by atoms with Gasteiger partial charge in [0.2, 0.25) is 5.91 Å². The molecule has 0 aromatic rings. The van der Waals surface area contributed by atoms with Crippen LogP contribution in [-0.4, -0.2) is 49.7 Å². The second kappa shape index (κ2) is 7.25. The van der Waals surface area contributed by atoms with Crippen LogP contribution in [-0.2, 0) is 9.53 Å². The van der Waals surface area contributed by atoms with Crippen molar-refractivity contribution in [2.45, 2.75) is 45.6 Å². The van der Waals surface area contributed by atoms with Crippen molar-refractivity contribution in [1.29, 1.82) is 0 Å². The van der Waals surface area contributed by atoms with Crippen molar-refractivity contribution in [3.63, 3.8) is 0 Å². The van der Waals surface area contributed by atoms with Gasteiger partial charge < -0.3 is 15.0 Å². The molecule has 2 heterocycles. The zero-order chi connectivity index (χ0) is 13.7. The van der Waals surface area contributed by atoms with Crippen LogP contribution in [0.3, 0.4) is 0 Å². The number of ether oxygens (including phenoxy) is 1. The third kappa shape index (κ3) is 4.46. The Labute approximate surface area is 116 Å². The minimum Gasteiger partial charge on any atom is -0.376 e. The standard InChI is InChI=1S/C15H28N2O2/c1-12(2)6-9-19-14-5-8-17(11-14)15(18)13-4-3-7-16-10-13/h12-14,16H,3-11H2,1-2H3. The lowest BCUT2D eigenvalue weighted by molar-refractivity contribution is -0.135. The zero-order valence-corrected chi connectivity index (χ0v) is 12.4. The Morgan fingerprint density at radius 1 is 1.42 bits per heavy atom. The summed E-state index contributed by atoms with van der Waals surface area (Å²) in [5.74, 6) is 1.22. The molecule has 0 spiro atoms. The van der Waals surface area contributed by atoms with E-state index in [2.05, 4.69) is 19.2 Å². The molecule has 19 heavy (non-hydrogen) atoms. The van der Waals surface area contributed by atoms with Crippen LogP contribution in [0.5, 0.6) is 0 Å². The summed E-state index contributed by atoms with van der Waals surface area (Å²) in [4.78, 5) is 14.4. The van der Waals surface area contributed by atoms with Crippen LogP contribution >= 0.6 is 0 Å². The molecule has 0 aliphatic carbocycles. The molecule has 1 amide bonds. The van der Waals surface area contributed by atoms with Gasteiger partial charge in [-0.15, -0.1) is 0 Å². The van der Waals surface area contributed by atoms with Gasteiger partial charge in [0.25, 0.3) is 0 Å². The van der Waals surface area contributed by atoms with E-state index in [9.17, 15) is 4.79 Å². The number of nitrogens with one attached hydrogen (secondary N) is 1. The molecule has 0 radical (unpaired) electrons. The summed E-state index contributed by atoms with van der Waals surface area (Å²) in [5, 5.41) is 3.32. The van der Waals surface area contributed by atoms with E-state index in [4.69, 9.17) is 4.74 Å². The number of amides is 1. The average Bonchev–Trinajstić information content (AvgIpc) is 2.87. The minimum atomic E-state index is 0.197. The molecule has 110 valence electrons. The molecule has 2 rings (SSSR count). The third-order valence-corrected chi connectivity index (χ3v) is 4.15. The van der Waals surface area contributed by atoms with Crippen LogP contribution in [0.1, 0.15) is 39.5 Å². The maximum Gasteiger partial charge on any atom is 0.227 e. The first kappa shape index (κ1) is 14.8. The van der Waals surface area contributed by atoms with Gasteiger partial charge in [-0.3, -0.25) is 4.79 Å². The van der Waals surface area contributed by atoms with E-state index in [0.717, 1.165) is 58.5 Å². The second-order valence-electron chi connectivity index (χ2n) is 6.29. The quantitative estimate of drug-likeness (QED) is 0.824. The van der Waals surface area contributed by atoms with Gasteiger partial charge in [0, 0.05) is 26.2 Å². The van der Waals surface area contributed by atoms with E-state index < -0.39 is 0 Å². The topological polar surface area (TPSA) is 41.6 Å². The molecule has 0 saturated carbocycles.